The van der Waals surface area contributed by atoms with Crippen LogP contribution in [0.1, 0.15) is 17.2 Å². The van der Waals surface area contributed by atoms with Crippen molar-refractivity contribution in [2.75, 3.05) is 29.6 Å². The first-order valence-corrected chi connectivity index (χ1v) is 20.1. The zero-order chi connectivity index (χ0) is 54.3. The molecule has 27 N–H and O–H groups in total. The lowest BCUT2D eigenvalue weighted by atomic mass is 10.1. The highest BCUT2D eigenvalue weighted by Crippen LogP contribution is 2.39. The van der Waals surface area contributed by atoms with Gasteiger partial charge in [-0.15, -0.1) is 0 Å². The number of aliphatic hydroxyl groups is 1. The molecule has 6 unspecified atom stereocenters. The molecule has 0 aliphatic rings. The highest BCUT2D eigenvalue weighted by molar-refractivity contribution is 6.00. The van der Waals surface area contributed by atoms with Crippen molar-refractivity contribution in [3.63, 3.8) is 0 Å². The Balaban J connectivity index is 2.05. The summed E-state index contributed by atoms with van der Waals surface area (Å²) in [5.74, 6) is -12.5. The summed E-state index contributed by atoms with van der Waals surface area (Å²) in [6.07, 6.45) is -10.9. The number of carbonyl (C=O) groups is 6. The van der Waals surface area contributed by atoms with Gasteiger partial charge in [0.05, 0.1) is 15.9 Å². The standard InChI is InChI=1S/C37H51N23O12/c1-57(2)16-9-8-15(21(61)10-16)13-58(19-11-17(38)18(59(69)70)12-20(19)60(71)72)33(68)32(67)48-22(14-6-4-3-5-7-14)28(63)50-25(54-35(42)43)30(65)52-27(56-37(46)47)31(66)51-26(55-36(44)45)29(64)49-24(23(39)62)53-34(40)41/h3-12,22,24-27,33,61,68H,13,38H2,1-2H3,(H2,39,62)(H,48,67)(H,49,64)(H,50,63)(H,51,66)(H,52,65)(H4,40,41,53)(H4,42,43,54)(H4,44,45,55)(H4,46,47,56). The van der Waals surface area contributed by atoms with Gasteiger partial charge in [0.2, 0.25) is 12.1 Å². The monoisotopic (exact) mass is 1010 g/mol. The lowest BCUT2D eigenvalue weighted by Gasteiger charge is -2.31. The number of benzene rings is 3. The van der Waals surface area contributed by atoms with E-state index in [1.807, 2.05) is 31.9 Å². The maximum atomic E-state index is 14.2. The van der Waals surface area contributed by atoms with E-state index in [0.717, 1.165) is 6.07 Å². The molecule has 0 radical (unpaired) electrons. The van der Waals surface area contributed by atoms with E-state index in [1.54, 1.807) is 19.0 Å². The molecule has 6 atom stereocenters. The Hall–Kier alpha value is -10.5. The maximum Gasteiger partial charge on any atom is 0.299 e. The predicted octanol–water partition coefficient (Wildman–Crippen LogP) is -6.77. The number of amides is 6. The summed E-state index contributed by atoms with van der Waals surface area (Å²) in [6.45, 7) is -0.719. The predicted molar refractivity (Wildman–Crippen MR) is 253 cm³/mol. The third kappa shape index (κ3) is 15.5. The molecule has 35 heteroatoms. The third-order valence-electron chi connectivity index (χ3n) is 9.38. The molecule has 72 heavy (non-hydrogen) atoms. The van der Waals surface area contributed by atoms with E-state index in [4.69, 9.17) is 56.0 Å². The van der Waals surface area contributed by atoms with Gasteiger partial charge in [0.1, 0.15) is 23.2 Å². The molecule has 6 amide bonds. The molecular weight excluding hydrogens is 959 g/mol. The summed E-state index contributed by atoms with van der Waals surface area (Å²) in [5.41, 5.74) is 29.7. The summed E-state index contributed by atoms with van der Waals surface area (Å²) in [4.78, 5) is 105. The van der Waals surface area contributed by atoms with Gasteiger partial charge in [-0.2, -0.15) is 0 Å². The Kier molecular flexibility index (Phi) is 19.0. The number of aliphatic hydroxyl groups excluding tert-OH is 1. The highest BCUT2D eigenvalue weighted by atomic mass is 16.6. The summed E-state index contributed by atoms with van der Waals surface area (Å²) < 4.78 is 0. The summed E-state index contributed by atoms with van der Waals surface area (Å²) in [5, 5.41) is 95.7. The minimum Gasteiger partial charge on any atom is -0.508 e. The number of nitrogens with one attached hydrogen (secondary N) is 13. The number of nitrogens with zero attached hydrogens (tertiary/aromatic N) is 4. The summed E-state index contributed by atoms with van der Waals surface area (Å²) in [7, 11) is 3.31. The van der Waals surface area contributed by atoms with E-state index < -0.39 is 141 Å². The number of guanidine groups is 4. The number of anilines is 3. The molecular formula is C37H51N23O12. The molecule has 0 aliphatic heterocycles. The molecule has 0 heterocycles. The maximum absolute atomic E-state index is 14.2. The van der Waals surface area contributed by atoms with Crippen LogP contribution in [0.3, 0.4) is 0 Å². The average molecular weight is 1010 g/mol. The van der Waals surface area contributed by atoms with Crippen molar-refractivity contribution < 1.29 is 48.8 Å². The van der Waals surface area contributed by atoms with Crippen LogP contribution in [0.5, 0.6) is 5.75 Å². The number of hydrogen-bond donors (Lipinski definition) is 21. The molecule has 0 saturated heterocycles. The van der Waals surface area contributed by atoms with Gasteiger partial charge in [0.15, 0.2) is 48.5 Å². The van der Waals surface area contributed by atoms with E-state index in [0.29, 0.717) is 16.7 Å². The largest absolute Gasteiger partial charge is 0.508 e. The van der Waals surface area contributed by atoms with Crippen molar-refractivity contribution in [1.82, 2.24) is 47.9 Å². The first kappa shape index (κ1) is 55.8. The zero-order valence-electron chi connectivity index (χ0n) is 37.7. The van der Waals surface area contributed by atoms with Gasteiger partial charge in [0, 0.05) is 38.0 Å². The number of primary amides is 1. The van der Waals surface area contributed by atoms with Gasteiger partial charge in [-0.05, 0) is 17.7 Å². The number of phenolic OH excluding ortho intramolecular Hbond substituents is 1. The van der Waals surface area contributed by atoms with Crippen LogP contribution in [0.4, 0.5) is 28.4 Å². The van der Waals surface area contributed by atoms with Gasteiger partial charge in [-0.25, -0.2) is 0 Å². The number of rotatable bonds is 23. The van der Waals surface area contributed by atoms with Gasteiger partial charge in [-0.3, -0.25) is 70.6 Å². The number of nitro groups is 2. The number of nitrogens with two attached hydrogens (primary N) is 6. The molecule has 0 fully saturated rings. The van der Waals surface area contributed by atoms with Crippen LogP contribution in [-0.2, 0) is 35.3 Å². The SMILES string of the molecule is CN(C)c1ccc(CN(c2cc(N)c([N+](=O)[O-])cc2[N+](=O)[O-])C(O)C(=O)NC(C(=O)NC(NC(=N)N)C(=O)NC(NC(=N)N)C(=O)NC(NC(=N)N)C(=O)NC(NC(=N)N)C(N)=O)c2ccccc2)c(O)c1. The van der Waals surface area contributed by atoms with Crippen molar-refractivity contribution in [3.05, 3.63) is 92.0 Å². The second-order valence-electron chi connectivity index (χ2n) is 14.9. The molecule has 0 aliphatic carbocycles. The van der Waals surface area contributed by atoms with Crippen molar-refractivity contribution in [2.45, 2.75) is 43.5 Å². The van der Waals surface area contributed by atoms with Crippen LogP contribution < -0.4 is 92.1 Å². The van der Waals surface area contributed by atoms with Crippen LogP contribution >= 0.6 is 0 Å². The Bertz CT molecular complexity index is 2640. The number of aromatic hydroxyl groups is 1. The molecule has 3 aromatic rings. The van der Waals surface area contributed by atoms with Crippen LogP contribution in [-0.4, -0.2) is 124 Å². The fraction of sp³-hybridized carbons (Fsp3) is 0.243. The zero-order valence-corrected chi connectivity index (χ0v) is 37.7. The Morgan fingerprint density at radius 3 is 1.47 bits per heavy atom. The molecule has 0 spiro atoms. The Morgan fingerprint density at radius 1 is 0.611 bits per heavy atom. The van der Waals surface area contributed by atoms with Crippen molar-refractivity contribution in [3.8, 4) is 5.75 Å². The molecule has 0 saturated carbocycles. The van der Waals surface area contributed by atoms with Crippen LogP contribution in [0.25, 0.3) is 0 Å². The van der Waals surface area contributed by atoms with Crippen molar-refractivity contribution in [2.24, 2.45) is 28.7 Å². The van der Waals surface area contributed by atoms with E-state index in [-0.39, 0.29) is 11.1 Å². The Morgan fingerprint density at radius 2 is 1.06 bits per heavy atom. The van der Waals surface area contributed by atoms with Crippen LogP contribution in [0.15, 0.2) is 60.7 Å². The average Bonchev–Trinajstić information content (AvgIpc) is 3.28. The second-order valence-corrected chi connectivity index (χ2v) is 14.9. The smallest absolute Gasteiger partial charge is 0.299 e. The first-order valence-electron chi connectivity index (χ1n) is 20.1. The molecule has 3 aromatic carbocycles. The number of hydrogen-bond acceptors (Lipinski definition) is 19. The topological polar surface area (TPSA) is 595 Å². The number of nitro benzene ring substituents is 2. The van der Waals surface area contributed by atoms with Crippen LogP contribution in [0.2, 0.25) is 0 Å². The number of nitrogen functional groups attached to an aromatic ring is 1. The minimum atomic E-state index is -2.56. The van der Waals surface area contributed by atoms with E-state index >= 15 is 0 Å². The lowest BCUT2D eigenvalue weighted by molar-refractivity contribution is -0.393. The highest BCUT2D eigenvalue weighted by Gasteiger charge is 2.37. The van der Waals surface area contributed by atoms with E-state index in [9.17, 15) is 59.2 Å². The summed E-state index contributed by atoms with van der Waals surface area (Å²) in [6, 6.07) is 10.4. The number of carbonyl (C=O) groups excluding carboxylic acids is 6. The summed E-state index contributed by atoms with van der Waals surface area (Å²) >= 11 is 0. The van der Waals surface area contributed by atoms with Crippen molar-refractivity contribution >= 4 is 87.7 Å². The lowest BCUT2D eigenvalue weighted by Crippen LogP contribution is -2.68. The fourth-order valence-electron chi connectivity index (χ4n) is 6.08. The van der Waals surface area contributed by atoms with Gasteiger partial charge in [-0.1, -0.05) is 36.4 Å². The van der Waals surface area contributed by atoms with E-state index in [1.165, 1.54) is 48.5 Å². The van der Waals surface area contributed by atoms with Crippen molar-refractivity contribution in [1.29, 1.82) is 21.6 Å². The fourth-order valence-corrected chi connectivity index (χ4v) is 6.08. The molecule has 0 bridgehead atoms. The Labute approximate surface area is 405 Å². The number of phenols is 1. The normalized spacial score (nSPS) is 13.0. The van der Waals surface area contributed by atoms with Gasteiger partial charge >= 0.3 is 0 Å². The second kappa shape index (κ2) is 24.5. The molecule has 386 valence electrons. The first-order chi connectivity index (χ1) is 33.6. The third-order valence-corrected chi connectivity index (χ3v) is 9.38. The molecule has 35 nitrogen and oxygen atoms in total. The van der Waals surface area contributed by atoms with Crippen LogP contribution in [0, 0.1) is 41.9 Å². The quantitative estimate of drug-likeness (QED) is 0.0105. The minimum absolute atomic E-state index is 0.0426. The molecule has 3 rings (SSSR count). The van der Waals surface area contributed by atoms with Gasteiger partial charge in [0.25, 0.3) is 40.9 Å². The van der Waals surface area contributed by atoms with Gasteiger partial charge < -0.3 is 102 Å². The van der Waals surface area contributed by atoms with E-state index in [2.05, 4.69) is 16.0 Å². The molecule has 0 aromatic heterocycles.